The van der Waals surface area contributed by atoms with E-state index in [1.54, 1.807) is 12.3 Å². The number of anilines is 2. The molecule has 0 aliphatic carbocycles. The van der Waals surface area contributed by atoms with E-state index < -0.39 is 0 Å². The lowest BCUT2D eigenvalue weighted by Crippen LogP contribution is -2.17. The molecule has 0 spiro atoms. The van der Waals surface area contributed by atoms with Crippen LogP contribution in [0.3, 0.4) is 0 Å². The normalized spacial score (nSPS) is 10.4. The van der Waals surface area contributed by atoms with Gasteiger partial charge in [0.15, 0.2) is 0 Å². The lowest BCUT2D eigenvalue weighted by Gasteiger charge is -2.09. The first-order valence-electron chi connectivity index (χ1n) is 5.81. The molecule has 0 fully saturated rings. The molecule has 0 unspecified atom stereocenters. The molecule has 17 heavy (non-hydrogen) atoms. The van der Waals surface area contributed by atoms with Crippen LogP contribution in [0.15, 0.2) is 18.3 Å². The van der Waals surface area contributed by atoms with Crippen LogP contribution in [0.5, 0.6) is 0 Å². The quantitative estimate of drug-likeness (QED) is 0.698. The molecule has 0 atom stereocenters. The zero-order chi connectivity index (χ0) is 12.7. The van der Waals surface area contributed by atoms with Crippen LogP contribution in [0.25, 0.3) is 0 Å². The first kappa shape index (κ1) is 13.4. The number of pyridine rings is 1. The van der Waals surface area contributed by atoms with Gasteiger partial charge in [-0.1, -0.05) is 13.8 Å². The van der Waals surface area contributed by atoms with Gasteiger partial charge < -0.3 is 16.4 Å². The van der Waals surface area contributed by atoms with Crippen molar-refractivity contribution in [3.05, 3.63) is 18.3 Å². The van der Waals surface area contributed by atoms with Crippen molar-refractivity contribution in [2.45, 2.75) is 20.3 Å². The van der Waals surface area contributed by atoms with E-state index in [1.165, 1.54) is 0 Å². The summed E-state index contributed by atoms with van der Waals surface area (Å²) in [5.41, 5.74) is 6.24. The number of nitrogens with zero attached hydrogens (tertiary/aromatic N) is 1. The zero-order valence-corrected chi connectivity index (χ0v) is 10.4. The second kappa shape index (κ2) is 6.85. The molecular weight excluding hydrogens is 216 g/mol. The van der Waals surface area contributed by atoms with Gasteiger partial charge in [0.1, 0.15) is 5.82 Å². The number of rotatable bonds is 6. The van der Waals surface area contributed by atoms with E-state index in [4.69, 9.17) is 5.73 Å². The second-order valence-corrected chi connectivity index (χ2v) is 4.29. The summed E-state index contributed by atoms with van der Waals surface area (Å²) >= 11 is 0. The lowest BCUT2D eigenvalue weighted by atomic mass is 10.2. The Kier molecular flexibility index (Phi) is 5.42. The molecule has 0 saturated heterocycles. The van der Waals surface area contributed by atoms with Gasteiger partial charge in [-0.15, -0.1) is 0 Å². The Morgan fingerprint density at radius 3 is 2.76 bits per heavy atom. The maximum absolute atomic E-state index is 11.3. The highest BCUT2D eigenvalue weighted by Gasteiger charge is 2.02. The predicted octanol–water partition coefficient (Wildman–Crippen LogP) is 1.44. The molecule has 1 amide bonds. The van der Waals surface area contributed by atoms with Crippen molar-refractivity contribution in [1.29, 1.82) is 0 Å². The van der Waals surface area contributed by atoms with E-state index >= 15 is 0 Å². The topological polar surface area (TPSA) is 80.0 Å². The number of hydrogen-bond acceptors (Lipinski definition) is 4. The molecule has 94 valence electrons. The molecule has 0 saturated carbocycles. The third-order valence-electron chi connectivity index (χ3n) is 2.12. The van der Waals surface area contributed by atoms with Crippen LogP contribution in [0, 0.1) is 5.92 Å². The molecule has 1 heterocycles. The molecule has 0 radical (unpaired) electrons. The third kappa shape index (κ3) is 5.31. The maximum atomic E-state index is 11.3. The maximum Gasteiger partial charge on any atom is 0.226 e. The predicted molar refractivity (Wildman–Crippen MR) is 69.9 cm³/mol. The third-order valence-corrected chi connectivity index (χ3v) is 2.12. The Morgan fingerprint density at radius 2 is 2.24 bits per heavy atom. The highest BCUT2D eigenvalue weighted by molar-refractivity contribution is 5.89. The monoisotopic (exact) mass is 236 g/mol. The summed E-state index contributed by atoms with van der Waals surface area (Å²) in [6.45, 7) is 5.53. The van der Waals surface area contributed by atoms with Crippen molar-refractivity contribution in [2.75, 3.05) is 23.7 Å². The highest BCUT2D eigenvalue weighted by Crippen LogP contribution is 2.10. The van der Waals surface area contributed by atoms with Gasteiger partial charge in [-0.25, -0.2) is 4.98 Å². The summed E-state index contributed by atoms with van der Waals surface area (Å²) in [5, 5.41) is 5.93. The lowest BCUT2D eigenvalue weighted by molar-refractivity contribution is -0.116. The highest BCUT2D eigenvalue weighted by atomic mass is 16.1. The standard InChI is InChI=1S/C12H20N4O/c1-9(2)7-14-10-3-4-11(15-8-10)16-12(17)5-6-13/h3-4,8-9,14H,5-7,13H2,1-2H3,(H,15,16,17). The van der Waals surface area contributed by atoms with E-state index in [-0.39, 0.29) is 5.91 Å². The van der Waals surface area contributed by atoms with Crippen molar-refractivity contribution in [2.24, 2.45) is 11.7 Å². The fourth-order valence-electron chi connectivity index (χ4n) is 1.23. The van der Waals surface area contributed by atoms with Gasteiger partial charge in [0.25, 0.3) is 0 Å². The van der Waals surface area contributed by atoms with E-state index in [9.17, 15) is 4.79 Å². The van der Waals surface area contributed by atoms with Crippen molar-refractivity contribution in [1.82, 2.24) is 4.98 Å². The van der Waals surface area contributed by atoms with Crippen LogP contribution in [0.4, 0.5) is 11.5 Å². The smallest absolute Gasteiger partial charge is 0.226 e. The number of amides is 1. The van der Waals surface area contributed by atoms with Gasteiger partial charge in [-0.3, -0.25) is 4.79 Å². The van der Waals surface area contributed by atoms with Gasteiger partial charge in [-0.05, 0) is 18.1 Å². The molecule has 1 aromatic rings. The van der Waals surface area contributed by atoms with Crippen molar-refractivity contribution >= 4 is 17.4 Å². The van der Waals surface area contributed by atoms with Gasteiger partial charge in [-0.2, -0.15) is 0 Å². The molecule has 5 heteroatoms. The van der Waals surface area contributed by atoms with Gasteiger partial charge in [0, 0.05) is 19.5 Å². The Labute approximate surface area is 102 Å². The van der Waals surface area contributed by atoms with Gasteiger partial charge in [0.05, 0.1) is 11.9 Å². The number of nitrogens with one attached hydrogen (secondary N) is 2. The molecule has 0 bridgehead atoms. The second-order valence-electron chi connectivity index (χ2n) is 4.29. The van der Waals surface area contributed by atoms with Crippen LogP contribution < -0.4 is 16.4 Å². The number of carbonyl (C=O) groups excluding carboxylic acids is 1. The summed E-state index contributed by atoms with van der Waals surface area (Å²) in [6, 6.07) is 3.67. The number of nitrogens with two attached hydrogens (primary N) is 1. The van der Waals surface area contributed by atoms with Crippen molar-refractivity contribution in [3.63, 3.8) is 0 Å². The van der Waals surface area contributed by atoms with Crippen LogP contribution in [0.2, 0.25) is 0 Å². The summed E-state index contributed by atoms with van der Waals surface area (Å²) in [4.78, 5) is 15.4. The average molecular weight is 236 g/mol. The molecule has 1 rings (SSSR count). The molecule has 1 aromatic heterocycles. The Hall–Kier alpha value is -1.62. The van der Waals surface area contributed by atoms with Crippen LogP contribution in [0.1, 0.15) is 20.3 Å². The summed E-state index contributed by atoms with van der Waals surface area (Å²) in [6.07, 6.45) is 2.02. The number of carbonyl (C=O) groups is 1. The van der Waals surface area contributed by atoms with E-state index in [0.29, 0.717) is 24.7 Å². The van der Waals surface area contributed by atoms with Crippen LogP contribution in [-0.2, 0) is 4.79 Å². The molecule has 0 aliphatic heterocycles. The minimum atomic E-state index is -0.108. The largest absolute Gasteiger partial charge is 0.384 e. The Balaban J connectivity index is 2.47. The molecule has 5 nitrogen and oxygen atoms in total. The minimum Gasteiger partial charge on any atom is -0.384 e. The van der Waals surface area contributed by atoms with Crippen molar-refractivity contribution < 1.29 is 4.79 Å². The van der Waals surface area contributed by atoms with E-state index in [0.717, 1.165) is 12.2 Å². The minimum absolute atomic E-state index is 0.108. The van der Waals surface area contributed by atoms with Gasteiger partial charge >= 0.3 is 0 Å². The van der Waals surface area contributed by atoms with Crippen molar-refractivity contribution in [3.8, 4) is 0 Å². The van der Waals surface area contributed by atoms with Crippen LogP contribution >= 0.6 is 0 Å². The molecule has 0 aliphatic rings. The zero-order valence-electron chi connectivity index (χ0n) is 10.4. The Bertz CT molecular complexity index is 348. The number of hydrogen-bond donors (Lipinski definition) is 3. The Morgan fingerprint density at radius 1 is 1.47 bits per heavy atom. The van der Waals surface area contributed by atoms with E-state index in [2.05, 4.69) is 29.5 Å². The first-order chi connectivity index (χ1) is 8.11. The fourth-order valence-corrected chi connectivity index (χ4v) is 1.23. The first-order valence-corrected chi connectivity index (χ1v) is 5.81. The molecule has 4 N–H and O–H groups in total. The SMILES string of the molecule is CC(C)CNc1ccc(NC(=O)CCN)nc1. The average Bonchev–Trinajstić information content (AvgIpc) is 2.28. The van der Waals surface area contributed by atoms with Gasteiger partial charge in [0.2, 0.25) is 5.91 Å². The molecular formula is C12H20N4O. The summed E-state index contributed by atoms with van der Waals surface area (Å²) < 4.78 is 0. The number of aromatic nitrogens is 1. The molecule has 0 aromatic carbocycles. The van der Waals surface area contributed by atoms with Crippen LogP contribution in [-0.4, -0.2) is 24.0 Å². The summed E-state index contributed by atoms with van der Waals surface area (Å²) in [7, 11) is 0. The van der Waals surface area contributed by atoms with E-state index in [1.807, 2.05) is 6.07 Å². The fraction of sp³-hybridized carbons (Fsp3) is 0.500. The summed E-state index contributed by atoms with van der Waals surface area (Å²) in [5.74, 6) is 1.03.